The zero-order chi connectivity index (χ0) is 10.8. The molecule has 0 aliphatic rings. The van der Waals surface area contributed by atoms with Crippen molar-refractivity contribution in [1.29, 1.82) is 5.26 Å². The van der Waals surface area contributed by atoms with Gasteiger partial charge in [0.1, 0.15) is 11.8 Å². The van der Waals surface area contributed by atoms with Crippen molar-refractivity contribution in [2.45, 2.75) is 0 Å². The van der Waals surface area contributed by atoms with Gasteiger partial charge >= 0.3 is 0 Å². The molecule has 2 aromatic heterocycles. The normalized spacial score (nSPS) is 9.87. The summed E-state index contributed by atoms with van der Waals surface area (Å²) in [4.78, 5) is 3.93. The Balaban J connectivity index is 2.42. The number of nitrogens with zero attached hydrogens (tertiary/aromatic N) is 4. The van der Waals surface area contributed by atoms with Gasteiger partial charge in [-0.2, -0.15) is 5.26 Å². The lowest BCUT2D eigenvalue weighted by molar-refractivity contribution is 0.878. The maximum absolute atomic E-state index is 8.58. The van der Waals surface area contributed by atoms with Crippen LogP contribution in [0.4, 0.5) is 5.82 Å². The average molecular weight is 264 g/mol. The van der Waals surface area contributed by atoms with Crippen molar-refractivity contribution in [1.82, 2.24) is 14.8 Å². The molecule has 0 saturated heterocycles. The highest BCUT2D eigenvalue weighted by molar-refractivity contribution is 9.10. The van der Waals surface area contributed by atoms with Gasteiger partial charge in [-0.15, -0.1) is 5.10 Å². The third-order valence-corrected chi connectivity index (χ3v) is 2.43. The molecular weight excluding hydrogens is 258 g/mol. The first-order valence-electron chi connectivity index (χ1n) is 4.08. The summed E-state index contributed by atoms with van der Waals surface area (Å²) in [5.74, 6) is 0.416. The van der Waals surface area contributed by atoms with Crippen LogP contribution in [-0.2, 0) is 0 Å². The number of anilines is 1. The van der Waals surface area contributed by atoms with Crippen molar-refractivity contribution in [2.75, 3.05) is 5.73 Å². The number of nitrogen functional groups attached to an aromatic ring is 1. The predicted octanol–water partition coefficient (Wildman–Crippen LogP) is 1.48. The first-order chi connectivity index (χ1) is 7.20. The summed E-state index contributed by atoms with van der Waals surface area (Å²) in [6.07, 6.45) is 3.30. The van der Waals surface area contributed by atoms with Crippen molar-refractivity contribution in [2.24, 2.45) is 0 Å². The Morgan fingerprint density at radius 1 is 1.47 bits per heavy atom. The molecule has 0 aliphatic heterocycles. The average Bonchev–Trinajstić information content (AvgIpc) is 2.59. The molecule has 2 N–H and O–H groups in total. The molecule has 0 atom stereocenters. The third kappa shape index (κ3) is 1.82. The summed E-state index contributed by atoms with van der Waals surface area (Å²) in [6.45, 7) is 0. The van der Waals surface area contributed by atoms with Gasteiger partial charge in [-0.05, 0) is 28.1 Å². The molecule has 2 heterocycles. The van der Waals surface area contributed by atoms with E-state index in [1.807, 2.05) is 6.07 Å². The minimum Gasteiger partial charge on any atom is -0.381 e. The molecule has 0 unspecified atom stereocenters. The minimum absolute atomic E-state index is 0.373. The SMILES string of the molecule is N#Cc1ccc(-n2cc(Br)c(N)n2)cn1. The number of hydrogen-bond donors (Lipinski definition) is 1. The van der Waals surface area contributed by atoms with Crippen LogP contribution in [0.1, 0.15) is 5.69 Å². The summed E-state index contributed by atoms with van der Waals surface area (Å²) in [5.41, 5.74) is 6.71. The number of nitrogens with two attached hydrogens (primary N) is 1. The highest BCUT2D eigenvalue weighted by Gasteiger charge is 2.04. The van der Waals surface area contributed by atoms with E-state index >= 15 is 0 Å². The molecule has 0 spiro atoms. The second-order valence-electron chi connectivity index (χ2n) is 2.82. The quantitative estimate of drug-likeness (QED) is 0.845. The van der Waals surface area contributed by atoms with E-state index in [4.69, 9.17) is 11.0 Å². The maximum Gasteiger partial charge on any atom is 0.160 e. The number of pyridine rings is 1. The van der Waals surface area contributed by atoms with Crippen LogP contribution in [0, 0.1) is 11.3 Å². The van der Waals surface area contributed by atoms with Crippen LogP contribution in [0.25, 0.3) is 5.69 Å². The lowest BCUT2D eigenvalue weighted by atomic mass is 10.3. The molecule has 0 amide bonds. The van der Waals surface area contributed by atoms with Crippen LogP contribution >= 0.6 is 15.9 Å². The van der Waals surface area contributed by atoms with E-state index < -0.39 is 0 Å². The maximum atomic E-state index is 8.58. The smallest absolute Gasteiger partial charge is 0.160 e. The van der Waals surface area contributed by atoms with Gasteiger partial charge < -0.3 is 5.73 Å². The standard InChI is InChI=1S/C9H6BrN5/c10-8-5-15(14-9(8)12)7-2-1-6(3-11)13-4-7/h1-2,4-5H,(H2,12,14). The zero-order valence-electron chi connectivity index (χ0n) is 7.55. The molecule has 0 aliphatic carbocycles. The summed E-state index contributed by atoms with van der Waals surface area (Å²) < 4.78 is 2.32. The van der Waals surface area contributed by atoms with E-state index in [0.717, 1.165) is 10.2 Å². The van der Waals surface area contributed by atoms with Crippen LogP contribution in [0.5, 0.6) is 0 Å². The molecule has 0 aromatic carbocycles. The number of rotatable bonds is 1. The Labute approximate surface area is 94.3 Å². The third-order valence-electron chi connectivity index (χ3n) is 1.82. The Kier molecular flexibility index (Phi) is 2.39. The van der Waals surface area contributed by atoms with Crippen molar-refractivity contribution in [3.05, 3.63) is 34.7 Å². The molecule has 0 saturated carbocycles. The van der Waals surface area contributed by atoms with Crippen LogP contribution < -0.4 is 5.73 Å². The van der Waals surface area contributed by atoms with Crippen molar-refractivity contribution >= 4 is 21.7 Å². The highest BCUT2D eigenvalue weighted by Crippen LogP contribution is 2.18. The molecule has 74 valence electrons. The summed E-state index contributed by atoms with van der Waals surface area (Å²) in [6, 6.07) is 5.33. The molecule has 0 radical (unpaired) electrons. The number of halogens is 1. The monoisotopic (exact) mass is 263 g/mol. The van der Waals surface area contributed by atoms with E-state index in [1.165, 1.54) is 0 Å². The van der Waals surface area contributed by atoms with E-state index in [2.05, 4.69) is 26.0 Å². The van der Waals surface area contributed by atoms with E-state index in [1.54, 1.807) is 29.2 Å². The van der Waals surface area contributed by atoms with Crippen LogP contribution in [-0.4, -0.2) is 14.8 Å². The molecule has 0 bridgehead atoms. The Morgan fingerprint density at radius 2 is 2.27 bits per heavy atom. The Morgan fingerprint density at radius 3 is 2.73 bits per heavy atom. The Bertz CT molecular complexity index is 503. The zero-order valence-corrected chi connectivity index (χ0v) is 9.14. The molecular formula is C9H6BrN5. The number of nitriles is 1. The van der Waals surface area contributed by atoms with Gasteiger partial charge in [-0.1, -0.05) is 0 Å². The van der Waals surface area contributed by atoms with Gasteiger partial charge in [0.25, 0.3) is 0 Å². The van der Waals surface area contributed by atoms with E-state index in [9.17, 15) is 0 Å². The Hall–Kier alpha value is -1.87. The molecule has 5 nitrogen and oxygen atoms in total. The summed E-state index contributed by atoms with van der Waals surface area (Å²) in [5, 5.41) is 12.6. The first kappa shape index (κ1) is 9.68. The second kappa shape index (κ2) is 3.71. The van der Waals surface area contributed by atoms with Gasteiger partial charge in [-0.25, -0.2) is 9.67 Å². The fourth-order valence-corrected chi connectivity index (χ4v) is 1.36. The topological polar surface area (TPSA) is 80.5 Å². The van der Waals surface area contributed by atoms with Gasteiger partial charge in [-0.3, -0.25) is 0 Å². The lowest BCUT2D eigenvalue weighted by Gasteiger charge is -1.98. The number of hydrogen-bond acceptors (Lipinski definition) is 4. The van der Waals surface area contributed by atoms with Gasteiger partial charge in [0.05, 0.1) is 16.4 Å². The lowest BCUT2D eigenvalue weighted by Crippen LogP contribution is -1.97. The highest BCUT2D eigenvalue weighted by atomic mass is 79.9. The van der Waals surface area contributed by atoms with E-state index in [-0.39, 0.29) is 0 Å². The van der Waals surface area contributed by atoms with Crippen molar-refractivity contribution < 1.29 is 0 Å². The van der Waals surface area contributed by atoms with Crippen molar-refractivity contribution in [3.63, 3.8) is 0 Å². The largest absolute Gasteiger partial charge is 0.381 e. The number of aromatic nitrogens is 3. The summed E-state index contributed by atoms with van der Waals surface area (Å²) >= 11 is 3.26. The van der Waals surface area contributed by atoms with Crippen LogP contribution in [0.2, 0.25) is 0 Å². The fourth-order valence-electron chi connectivity index (χ4n) is 1.09. The second-order valence-corrected chi connectivity index (χ2v) is 3.67. The minimum atomic E-state index is 0.373. The molecule has 0 fully saturated rings. The molecule has 6 heteroatoms. The van der Waals surface area contributed by atoms with Crippen LogP contribution in [0.15, 0.2) is 29.0 Å². The fraction of sp³-hybridized carbons (Fsp3) is 0. The molecule has 2 rings (SSSR count). The molecule has 2 aromatic rings. The first-order valence-corrected chi connectivity index (χ1v) is 4.87. The van der Waals surface area contributed by atoms with Crippen LogP contribution in [0.3, 0.4) is 0 Å². The van der Waals surface area contributed by atoms with E-state index in [0.29, 0.717) is 11.5 Å². The van der Waals surface area contributed by atoms with Crippen molar-refractivity contribution in [3.8, 4) is 11.8 Å². The molecule has 15 heavy (non-hydrogen) atoms. The predicted molar refractivity (Wildman–Crippen MR) is 58.2 cm³/mol. The summed E-state index contributed by atoms with van der Waals surface area (Å²) in [7, 11) is 0. The van der Waals surface area contributed by atoms with Gasteiger partial charge in [0.2, 0.25) is 0 Å². The van der Waals surface area contributed by atoms with Gasteiger partial charge in [0, 0.05) is 6.20 Å². The van der Waals surface area contributed by atoms with Gasteiger partial charge in [0.15, 0.2) is 5.82 Å².